The van der Waals surface area contributed by atoms with E-state index < -0.39 is 0 Å². The van der Waals surface area contributed by atoms with Crippen LogP contribution in [0, 0.1) is 5.41 Å². The van der Waals surface area contributed by atoms with Crippen molar-refractivity contribution in [2.45, 2.75) is 12.8 Å². The highest BCUT2D eigenvalue weighted by Gasteiger charge is 2.34. The monoisotopic (exact) mass is 741 g/mol. The minimum atomic E-state index is -0.0967. The third-order valence-electron chi connectivity index (χ3n) is 12.3. The Balaban J connectivity index is 1.13. The van der Waals surface area contributed by atoms with Gasteiger partial charge in [-0.25, -0.2) is 15.0 Å². The van der Waals surface area contributed by atoms with Crippen molar-refractivity contribution < 1.29 is 4.42 Å². The number of aromatic nitrogens is 3. The molecule has 12 rings (SSSR count). The molecular formula is C54H35N3O. The quantitative estimate of drug-likeness (QED) is 0.169. The molecule has 10 aromatic rings. The number of rotatable bonds is 4. The highest BCUT2D eigenvalue weighted by molar-refractivity contribution is 6.16. The van der Waals surface area contributed by atoms with Crippen molar-refractivity contribution in [3.05, 3.63) is 193 Å². The predicted molar refractivity (Wildman–Crippen MR) is 240 cm³/mol. The second-order valence-electron chi connectivity index (χ2n) is 15.8. The molecule has 8 aromatic carbocycles. The second-order valence-corrected chi connectivity index (χ2v) is 15.8. The van der Waals surface area contributed by atoms with Gasteiger partial charge in [-0.1, -0.05) is 159 Å². The molecule has 2 atom stereocenters. The number of fused-ring (bicyclic) bond motifs is 10. The lowest BCUT2D eigenvalue weighted by atomic mass is 9.67. The summed E-state index contributed by atoms with van der Waals surface area (Å²) in [6.45, 7) is 2.30. The van der Waals surface area contributed by atoms with E-state index in [1.54, 1.807) is 0 Å². The molecule has 4 nitrogen and oxygen atoms in total. The van der Waals surface area contributed by atoms with E-state index in [1.807, 2.05) is 12.1 Å². The van der Waals surface area contributed by atoms with Crippen LogP contribution >= 0.6 is 0 Å². The first-order valence-corrected chi connectivity index (χ1v) is 19.9. The van der Waals surface area contributed by atoms with Crippen molar-refractivity contribution in [2.75, 3.05) is 0 Å². The van der Waals surface area contributed by atoms with Gasteiger partial charge in [0, 0.05) is 44.4 Å². The molecule has 58 heavy (non-hydrogen) atoms. The van der Waals surface area contributed by atoms with E-state index in [4.69, 9.17) is 19.4 Å². The first-order chi connectivity index (χ1) is 28.6. The molecule has 0 spiro atoms. The Bertz CT molecular complexity index is 3440. The molecule has 0 fully saturated rings. The van der Waals surface area contributed by atoms with Crippen LogP contribution in [0.25, 0.3) is 106 Å². The van der Waals surface area contributed by atoms with Gasteiger partial charge in [0.1, 0.15) is 11.2 Å². The van der Waals surface area contributed by atoms with Crippen LogP contribution in [0.1, 0.15) is 24.0 Å². The number of para-hydroxylation sites is 1. The van der Waals surface area contributed by atoms with Crippen LogP contribution in [-0.4, -0.2) is 15.0 Å². The fraction of sp³-hybridized carbons (Fsp3) is 0.0556. The highest BCUT2D eigenvalue weighted by Crippen LogP contribution is 2.48. The molecule has 0 amide bonds. The van der Waals surface area contributed by atoms with Crippen LogP contribution in [0.15, 0.2) is 186 Å². The third kappa shape index (κ3) is 5.05. The van der Waals surface area contributed by atoms with E-state index in [1.165, 1.54) is 32.7 Å². The van der Waals surface area contributed by atoms with Crippen LogP contribution in [0.4, 0.5) is 0 Å². The molecule has 0 saturated heterocycles. The number of nitrogens with zero attached hydrogens (tertiary/aromatic N) is 3. The summed E-state index contributed by atoms with van der Waals surface area (Å²) in [5.41, 5.74) is 8.96. The van der Waals surface area contributed by atoms with E-state index in [0.717, 1.165) is 60.5 Å². The zero-order valence-electron chi connectivity index (χ0n) is 31.7. The minimum Gasteiger partial charge on any atom is -0.455 e. The molecule has 0 N–H and O–H groups in total. The van der Waals surface area contributed by atoms with Gasteiger partial charge in [0.15, 0.2) is 17.5 Å². The van der Waals surface area contributed by atoms with Gasteiger partial charge in [-0.05, 0) is 85.4 Å². The Hall–Kier alpha value is -7.43. The van der Waals surface area contributed by atoms with Crippen molar-refractivity contribution >= 4 is 60.3 Å². The number of hydrogen-bond donors (Lipinski definition) is 0. The first-order valence-electron chi connectivity index (χ1n) is 19.9. The molecule has 0 saturated carbocycles. The molecule has 0 bridgehead atoms. The minimum absolute atomic E-state index is 0.0967. The van der Waals surface area contributed by atoms with E-state index in [9.17, 15) is 0 Å². The van der Waals surface area contributed by atoms with Crippen LogP contribution in [0.5, 0.6) is 0 Å². The molecule has 2 unspecified atom stereocenters. The summed E-state index contributed by atoms with van der Waals surface area (Å²) < 4.78 is 6.78. The zero-order valence-corrected chi connectivity index (χ0v) is 31.7. The van der Waals surface area contributed by atoms with Gasteiger partial charge in [0.25, 0.3) is 0 Å². The Kier molecular flexibility index (Phi) is 7.09. The van der Waals surface area contributed by atoms with Crippen molar-refractivity contribution in [1.29, 1.82) is 0 Å². The van der Waals surface area contributed by atoms with E-state index in [2.05, 4.69) is 183 Å². The predicted octanol–water partition coefficient (Wildman–Crippen LogP) is 14.1. The van der Waals surface area contributed by atoms with Crippen molar-refractivity contribution in [2.24, 2.45) is 5.41 Å². The lowest BCUT2D eigenvalue weighted by molar-refractivity contribution is 0.480. The fourth-order valence-corrected chi connectivity index (χ4v) is 9.34. The lowest BCUT2D eigenvalue weighted by Gasteiger charge is -2.37. The van der Waals surface area contributed by atoms with Crippen LogP contribution in [0.2, 0.25) is 0 Å². The molecule has 0 aliphatic heterocycles. The summed E-state index contributed by atoms with van der Waals surface area (Å²) in [6.07, 6.45) is 13.5. The van der Waals surface area contributed by atoms with Gasteiger partial charge < -0.3 is 4.42 Å². The maximum absolute atomic E-state index is 6.78. The fourth-order valence-electron chi connectivity index (χ4n) is 9.34. The zero-order chi connectivity index (χ0) is 38.4. The van der Waals surface area contributed by atoms with Crippen LogP contribution < -0.4 is 0 Å². The van der Waals surface area contributed by atoms with Gasteiger partial charge in [-0.3, -0.25) is 0 Å². The second kappa shape index (κ2) is 12.5. The molecule has 272 valence electrons. The summed E-state index contributed by atoms with van der Waals surface area (Å²) in [7, 11) is 0. The van der Waals surface area contributed by atoms with Crippen LogP contribution in [-0.2, 0) is 0 Å². The topological polar surface area (TPSA) is 51.8 Å². The molecule has 2 aromatic heterocycles. The molecule has 2 heterocycles. The summed E-state index contributed by atoms with van der Waals surface area (Å²) in [5.74, 6) is 2.07. The van der Waals surface area contributed by atoms with Crippen molar-refractivity contribution in [1.82, 2.24) is 15.0 Å². The van der Waals surface area contributed by atoms with Crippen molar-refractivity contribution in [3.8, 4) is 45.3 Å². The number of furan rings is 1. The maximum Gasteiger partial charge on any atom is 0.164 e. The third-order valence-corrected chi connectivity index (χ3v) is 12.3. The van der Waals surface area contributed by atoms with Gasteiger partial charge in [0.2, 0.25) is 0 Å². The lowest BCUT2D eigenvalue weighted by Crippen LogP contribution is -2.24. The molecule has 0 radical (unpaired) electrons. The summed E-state index contributed by atoms with van der Waals surface area (Å²) in [5, 5.41) is 8.99. The van der Waals surface area contributed by atoms with E-state index in [0.29, 0.717) is 17.5 Å². The normalized spacial score (nSPS) is 17.1. The Morgan fingerprint density at radius 3 is 2.07 bits per heavy atom. The molecule has 2 aliphatic rings. The smallest absolute Gasteiger partial charge is 0.164 e. The van der Waals surface area contributed by atoms with E-state index in [-0.39, 0.29) is 11.3 Å². The number of allylic oxidation sites excluding steroid dienone is 5. The SMILES string of the molecule is CC12C=CC=CC1c1cc(-c3nc(-c4cc5ccccc5c5ccccc45)nc(-c4ccc(-c5ccc6ccccc6c5)c5oc6ccccc6c45)n3)ccc1C=C2. The number of benzene rings is 8. The standard InChI is InChI=1S/C54H35N3O/c1-54-28-11-10-19-47(54)45-32-38(24-22-34(45)27-29-54)51-55-52(57-53(56-51)46-31-36-14-4-5-15-39(36)41-16-6-7-17-42(41)46)44-26-25-40(37-23-21-33-12-2-3-13-35(33)30-37)50-49(44)43-18-8-9-20-48(43)58-50/h2-32,47H,1H3. The Morgan fingerprint density at radius 2 is 1.19 bits per heavy atom. The van der Waals surface area contributed by atoms with Gasteiger partial charge >= 0.3 is 0 Å². The molecule has 4 heteroatoms. The number of hydrogen-bond acceptors (Lipinski definition) is 4. The maximum atomic E-state index is 6.78. The molecular weight excluding hydrogens is 707 g/mol. The average molecular weight is 742 g/mol. The Morgan fingerprint density at radius 1 is 0.500 bits per heavy atom. The summed E-state index contributed by atoms with van der Waals surface area (Å²) in [4.78, 5) is 16.1. The van der Waals surface area contributed by atoms with Gasteiger partial charge in [-0.2, -0.15) is 0 Å². The van der Waals surface area contributed by atoms with Gasteiger partial charge in [-0.15, -0.1) is 0 Å². The molecule has 2 aliphatic carbocycles. The average Bonchev–Trinajstić information content (AvgIpc) is 3.67. The van der Waals surface area contributed by atoms with E-state index >= 15 is 0 Å². The largest absolute Gasteiger partial charge is 0.455 e. The van der Waals surface area contributed by atoms with Crippen molar-refractivity contribution in [3.63, 3.8) is 0 Å². The van der Waals surface area contributed by atoms with Gasteiger partial charge in [0.05, 0.1) is 0 Å². The van der Waals surface area contributed by atoms with Crippen LogP contribution in [0.3, 0.4) is 0 Å². The summed E-state index contributed by atoms with van der Waals surface area (Å²) in [6, 6.07) is 53.7. The first kappa shape index (κ1) is 32.8. The Labute approximate surface area is 335 Å². The summed E-state index contributed by atoms with van der Waals surface area (Å²) >= 11 is 0. The highest BCUT2D eigenvalue weighted by atomic mass is 16.3.